The maximum absolute atomic E-state index is 13.4. The molecule has 0 saturated heterocycles. The Kier molecular flexibility index (Phi) is 12.0. The fourth-order valence-corrected chi connectivity index (χ4v) is 3.97. The summed E-state index contributed by atoms with van der Waals surface area (Å²) < 4.78 is 5.35. The average Bonchev–Trinajstić information content (AvgIpc) is 2.85. The van der Waals surface area contributed by atoms with Gasteiger partial charge < -0.3 is 25.8 Å². The zero-order valence-corrected chi connectivity index (χ0v) is 23.4. The predicted molar refractivity (Wildman–Crippen MR) is 149 cm³/mol. The van der Waals surface area contributed by atoms with E-state index in [9.17, 15) is 24.3 Å². The van der Waals surface area contributed by atoms with Gasteiger partial charge in [0.2, 0.25) is 11.8 Å². The SMILES string of the molecule is CC(C)C[C@H](NC(=O)[C@H](CCc1ccccc1)NC(=O)OC(C)(C)C)C(=O)NC(Cc1ccccc1)C(=O)O. The second kappa shape index (κ2) is 14.9. The molecule has 9 heteroatoms. The summed E-state index contributed by atoms with van der Waals surface area (Å²) in [5, 5.41) is 17.7. The van der Waals surface area contributed by atoms with Gasteiger partial charge in [0.1, 0.15) is 23.7 Å². The molecule has 0 aliphatic rings. The van der Waals surface area contributed by atoms with E-state index >= 15 is 0 Å². The molecule has 0 heterocycles. The van der Waals surface area contributed by atoms with Gasteiger partial charge in [-0.2, -0.15) is 0 Å². The van der Waals surface area contributed by atoms with Gasteiger partial charge in [0, 0.05) is 6.42 Å². The molecule has 2 aromatic carbocycles. The molecule has 0 aromatic heterocycles. The topological polar surface area (TPSA) is 134 Å². The van der Waals surface area contributed by atoms with E-state index in [1.54, 1.807) is 45.0 Å². The summed E-state index contributed by atoms with van der Waals surface area (Å²) in [6, 6.07) is 15.4. The van der Waals surface area contributed by atoms with E-state index in [-0.39, 0.29) is 25.2 Å². The molecule has 0 spiro atoms. The summed E-state index contributed by atoms with van der Waals surface area (Å²) in [5.41, 5.74) is 0.995. The van der Waals surface area contributed by atoms with Gasteiger partial charge in [-0.05, 0) is 57.1 Å². The Hall–Kier alpha value is -3.88. The van der Waals surface area contributed by atoms with Crippen molar-refractivity contribution < 1.29 is 29.0 Å². The lowest BCUT2D eigenvalue weighted by molar-refractivity contribution is -0.142. The zero-order chi connectivity index (χ0) is 29.0. The number of amides is 3. The largest absolute Gasteiger partial charge is 0.480 e. The van der Waals surface area contributed by atoms with Crippen molar-refractivity contribution in [2.24, 2.45) is 5.92 Å². The van der Waals surface area contributed by atoms with E-state index in [0.717, 1.165) is 11.1 Å². The van der Waals surface area contributed by atoms with Crippen molar-refractivity contribution in [3.63, 3.8) is 0 Å². The Labute approximate surface area is 230 Å². The van der Waals surface area contributed by atoms with E-state index in [0.29, 0.717) is 6.42 Å². The van der Waals surface area contributed by atoms with Gasteiger partial charge in [-0.25, -0.2) is 9.59 Å². The minimum absolute atomic E-state index is 0.0278. The monoisotopic (exact) mass is 539 g/mol. The number of carboxylic acid groups (broad SMARTS) is 1. The van der Waals surface area contributed by atoms with Crippen LogP contribution in [0.3, 0.4) is 0 Å². The molecular formula is C30H41N3O6. The summed E-state index contributed by atoms with van der Waals surface area (Å²) in [7, 11) is 0. The normalized spacial score (nSPS) is 13.6. The van der Waals surface area contributed by atoms with Crippen LogP contribution in [0.1, 0.15) is 58.6 Å². The Morgan fingerprint density at radius 1 is 0.769 bits per heavy atom. The standard InChI is InChI=1S/C30H41N3O6/c1-20(2)18-24(27(35)32-25(28(36)37)19-22-14-10-7-11-15-22)31-26(34)23(33-29(38)39-30(3,4)5)17-16-21-12-8-6-9-13-21/h6-15,20,23-25H,16-19H2,1-5H3,(H,31,34)(H,32,35)(H,33,38)(H,36,37)/t23-,24-,25?/m0/s1. The lowest BCUT2D eigenvalue weighted by Crippen LogP contribution is -2.56. The highest BCUT2D eigenvalue weighted by Crippen LogP contribution is 2.12. The van der Waals surface area contributed by atoms with Gasteiger partial charge in [0.25, 0.3) is 0 Å². The summed E-state index contributed by atoms with van der Waals surface area (Å²) in [4.78, 5) is 51.0. The molecule has 0 fully saturated rings. The Balaban J connectivity index is 2.17. The van der Waals surface area contributed by atoms with Gasteiger partial charge in [0.05, 0.1) is 0 Å². The molecule has 0 bridgehead atoms. The molecule has 39 heavy (non-hydrogen) atoms. The molecule has 2 aromatic rings. The third-order valence-corrected chi connectivity index (χ3v) is 5.81. The fraction of sp³-hybridized carbons (Fsp3) is 0.467. The number of carbonyl (C=O) groups is 4. The smallest absolute Gasteiger partial charge is 0.408 e. The number of nitrogens with one attached hydrogen (secondary N) is 3. The highest BCUT2D eigenvalue weighted by atomic mass is 16.6. The Morgan fingerprint density at radius 2 is 1.28 bits per heavy atom. The average molecular weight is 540 g/mol. The van der Waals surface area contributed by atoms with Crippen LogP contribution < -0.4 is 16.0 Å². The van der Waals surface area contributed by atoms with Crippen molar-refractivity contribution in [3.8, 4) is 0 Å². The molecular weight excluding hydrogens is 498 g/mol. The Morgan fingerprint density at radius 3 is 1.79 bits per heavy atom. The molecule has 0 aliphatic heterocycles. The van der Waals surface area contributed by atoms with E-state index in [1.807, 2.05) is 50.2 Å². The lowest BCUT2D eigenvalue weighted by atomic mass is 10.00. The number of benzene rings is 2. The van der Waals surface area contributed by atoms with Crippen LogP contribution in [-0.4, -0.2) is 52.7 Å². The first-order chi connectivity index (χ1) is 18.3. The fourth-order valence-electron chi connectivity index (χ4n) is 3.97. The highest BCUT2D eigenvalue weighted by Gasteiger charge is 2.31. The third kappa shape index (κ3) is 12.0. The quantitative estimate of drug-likeness (QED) is 0.306. The lowest BCUT2D eigenvalue weighted by Gasteiger charge is -2.26. The molecule has 0 saturated carbocycles. The first-order valence-corrected chi connectivity index (χ1v) is 13.2. The Bertz CT molecular complexity index is 1080. The summed E-state index contributed by atoms with van der Waals surface area (Å²) in [6.07, 6.45) is 0.427. The van der Waals surface area contributed by atoms with Gasteiger partial charge in [-0.3, -0.25) is 9.59 Å². The van der Waals surface area contributed by atoms with Crippen LogP contribution in [0.15, 0.2) is 60.7 Å². The number of hydrogen-bond acceptors (Lipinski definition) is 5. The van der Waals surface area contributed by atoms with Crippen molar-refractivity contribution >= 4 is 23.9 Å². The van der Waals surface area contributed by atoms with Crippen molar-refractivity contribution in [2.75, 3.05) is 0 Å². The highest BCUT2D eigenvalue weighted by molar-refractivity contribution is 5.93. The van der Waals surface area contributed by atoms with Crippen molar-refractivity contribution in [3.05, 3.63) is 71.8 Å². The summed E-state index contributed by atoms with van der Waals surface area (Å²) >= 11 is 0. The van der Waals surface area contributed by atoms with E-state index in [4.69, 9.17) is 4.74 Å². The number of alkyl carbamates (subject to hydrolysis) is 1. The first-order valence-electron chi connectivity index (χ1n) is 13.2. The van der Waals surface area contributed by atoms with Crippen LogP contribution in [0.5, 0.6) is 0 Å². The zero-order valence-electron chi connectivity index (χ0n) is 23.4. The molecule has 212 valence electrons. The molecule has 9 nitrogen and oxygen atoms in total. The van der Waals surface area contributed by atoms with Crippen LogP contribution in [0, 0.1) is 5.92 Å². The number of aryl methyl sites for hydroxylation is 1. The first kappa shape index (κ1) is 31.3. The summed E-state index contributed by atoms with van der Waals surface area (Å²) in [6.45, 7) is 8.97. The van der Waals surface area contributed by atoms with Crippen LogP contribution in [0.4, 0.5) is 4.79 Å². The van der Waals surface area contributed by atoms with Crippen LogP contribution in [0.2, 0.25) is 0 Å². The summed E-state index contributed by atoms with van der Waals surface area (Å²) in [5.74, 6) is -2.29. The molecule has 0 aliphatic carbocycles. The number of carbonyl (C=O) groups excluding carboxylic acids is 3. The second-order valence-electron chi connectivity index (χ2n) is 11.0. The number of carboxylic acids is 1. The van der Waals surface area contributed by atoms with Gasteiger partial charge in [-0.1, -0.05) is 74.5 Å². The molecule has 3 atom stereocenters. The molecule has 4 N–H and O–H groups in total. The van der Waals surface area contributed by atoms with E-state index in [2.05, 4.69) is 16.0 Å². The van der Waals surface area contributed by atoms with Crippen molar-refractivity contribution in [2.45, 2.75) is 84.0 Å². The third-order valence-electron chi connectivity index (χ3n) is 5.81. The van der Waals surface area contributed by atoms with Gasteiger partial charge >= 0.3 is 12.1 Å². The molecule has 3 amide bonds. The minimum atomic E-state index is -1.17. The maximum atomic E-state index is 13.4. The molecule has 1 unspecified atom stereocenters. The predicted octanol–water partition coefficient (Wildman–Crippen LogP) is 3.86. The van der Waals surface area contributed by atoms with Crippen molar-refractivity contribution in [1.82, 2.24) is 16.0 Å². The minimum Gasteiger partial charge on any atom is -0.480 e. The van der Waals surface area contributed by atoms with Crippen LogP contribution >= 0.6 is 0 Å². The number of aliphatic carboxylic acids is 1. The van der Waals surface area contributed by atoms with Crippen LogP contribution in [-0.2, 0) is 32.0 Å². The van der Waals surface area contributed by atoms with Crippen molar-refractivity contribution in [1.29, 1.82) is 0 Å². The van der Waals surface area contributed by atoms with Gasteiger partial charge in [0.15, 0.2) is 0 Å². The van der Waals surface area contributed by atoms with E-state index in [1.165, 1.54) is 0 Å². The van der Waals surface area contributed by atoms with E-state index < -0.39 is 47.6 Å². The maximum Gasteiger partial charge on any atom is 0.408 e. The number of ether oxygens (including phenoxy) is 1. The molecule has 0 radical (unpaired) electrons. The second-order valence-corrected chi connectivity index (χ2v) is 11.0. The number of hydrogen-bond donors (Lipinski definition) is 4. The van der Waals surface area contributed by atoms with Gasteiger partial charge in [-0.15, -0.1) is 0 Å². The molecule has 2 rings (SSSR count). The van der Waals surface area contributed by atoms with Crippen LogP contribution in [0.25, 0.3) is 0 Å². The number of rotatable bonds is 13.